The fraction of sp³-hybridized carbons (Fsp3) is 0.0545. The maximum absolute atomic E-state index is 5.45. The van der Waals surface area contributed by atoms with Crippen LogP contribution in [0.1, 0.15) is 0 Å². The van der Waals surface area contributed by atoms with Gasteiger partial charge in [-0.25, -0.2) is 0 Å². The molecule has 0 atom stereocenters. The van der Waals surface area contributed by atoms with Crippen LogP contribution in [0.15, 0.2) is 182 Å². The molecule has 0 amide bonds. The Morgan fingerprint density at radius 3 is 1.95 bits per heavy atom. The summed E-state index contributed by atoms with van der Waals surface area (Å²) < 4.78 is 4.93. The summed E-state index contributed by atoms with van der Waals surface area (Å²) in [6.07, 6.45) is 1.79. The summed E-state index contributed by atoms with van der Waals surface area (Å²) >= 11 is 1.86. The van der Waals surface area contributed by atoms with Gasteiger partial charge in [0.1, 0.15) is 0 Å². The van der Waals surface area contributed by atoms with Crippen molar-refractivity contribution < 1.29 is 20.1 Å². The molecule has 1 radical (unpaired) electrons. The topological polar surface area (TPSA) is 30.2 Å². The Morgan fingerprint density at radius 2 is 1.23 bits per heavy atom. The molecule has 3 nitrogen and oxygen atoms in total. The van der Waals surface area contributed by atoms with E-state index in [4.69, 9.17) is 4.98 Å². The minimum atomic E-state index is -1.43. The van der Waals surface area contributed by atoms with Gasteiger partial charge in [0.05, 0.1) is 24.9 Å². The van der Waals surface area contributed by atoms with E-state index in [2.05, 4.69) is 175 Å². The van der Waals surface area contributed by atoms with Gasteiger partial charge < -0.3 is 9.38 Å². The average Bonchev–Trinajstić information content (AvgIpc) is 3.87. The third-order valence-corrected chi connectivity index (χ3v) is 14.9. The van der Waals surface area contributed by atoms with E-state index in [1.807, 2.05) is 53.8 Å². The molecule has 61 heavy (non-hydrogen) atoms. The zero-order valence-corrected chi connectivity index (χ0v) is 38.1. The second-order valence-electron chi connectivity index (χ2n) is 16.4. The van der Waals surface area contributed by atoms with Crippen molar-refractivity contribution in [2.75, 3.05) is 0 Å². The monoisotopic (exact) mass is 994 g/mol. The van der Waals surface area contributed by atoms with Crippen molar-refractivity contribution in [3.05, 3.63) is 194 Å². The first-order valence-corrected chi connectivity index (χ1v) is 24.7. The number of pyridine rings is 1. The molecule has 0 bridgehead atoms. The zero-order valence-electron chi connectivity index (χ0n) is 33.9. The van der Waals surface area contributed by atoms with Crippen LogP contribution in [0.2, 0.25) is 19.6 Å². The Morgan fingerprint density at radius 1 is 0.541 bits per heavy atom. The summed E-state index contributed by atoms with van der Waals surface area (Å²) in [7, 11) is -1.43. The van der Waals surface area contributed by atoms with E-state index in [9.17, 15) is 0 Å². The molecule has 8 aromatic carbocycles. The van der Waals surface area contributed by atoms with Crippen LogP contribution in [0.4, 0.5) is 0 Å². The predicted molar refractivity (Wildman–Crippen MR) is 260 cm³/mol. The second kappa shape index (κ2) is 15.6. The number of hydrogen-bond acceptors (Lipinski definition) is 3. The molecule has 6 heteroatoms. The minimum Gasteiger partial charge on any atom is -0.332 e. The van der Waals surface area contributed by atoms with Gasteiger partial charge in [0.2, 0.25) is 0 Å². The largest absolute Gasteiger partial charge is 0.332 e. The molecule has 0 saturated carbocycles. The van der Waals surface area contributed by atoms with Gasteiger partial charge in [0, 0.05) is 47.3 Å². The van der Waals surface area contributed by atoms with E-state index in [1.54, 1.807) is 6.20 Å². The van der Waals surface area contributed by atoms with Crippen LogP contribution in [0.5, 0.6) is 0 Å². The fourth-order valence-corrected chi connectivity index (χ4v) is 11.1. The number of thiophene rings is 1. The van der Waals surface area contributed by atoms with Crippen LogP contribution in [0, 0.1) is 12.1 Å². The first-order chi connectivity index (χ1) is 29.4. The molecule has 4 aromatic heterocycles. The Balaban J connectivity index is 0.000000296. The van der Waals surface area contributed by atoms with E-state index in [0.29, 0.717) is 0 Å². The minimum absolute atomic E-state index is 0. The smallest absolute Gasteiger partial charge is 0.0780 e. The number of para-hydroxylation sites is 2. The van der Waals surface area contributed by atoms with Crippen molar-refractivity contribution >= 4 is 104 Å². The molecule has 0 aliphatic rings. The number of nitrogens with zero attached hydrogens (tertiary/aromatic N) is 3. The molecule has 0 N–H and O–H groups in total. The van der Waals surface area contributed by atoms with E-state index in [1.165, 1.54) is 68.4 Å². The van der Waals surface area contributed by atoms with Crippen LogP contribution < -0.4 is 5.19 Å². The Labute approximate surface area is 373 Å². The number of benzene rings is 8. The van der Waals surface area contributed by atoms with Gasteiger partial charge in [-0.15, -0.1) is 54.1 Å². The summed E-state index contributed by atoms with van der Waals surface area (Å²) in [4.78, 5) is 9.67. The van der Waals surface area contributed by atoms with Crippen LogP contribution in [0.3, 0.4) is 0 Å². The van der Waals surface area contributed by atoms with Gasteiger partial charge in [-0.1, -0.05) is 145 Å². The Kier molecular flexibility index (Phi) is 9.97. The van der Waals surface area contributed by atoms with Crippen LogP contribution in [-0.2, 0) is 20.1 Å². The third-order valence-electron chi connectivity index (χ3n) is 11.7. The Bertz CT molecular complexity index is 3610. The number of aromatic nitrogens is 3. The number of imidazole rings is 1. The maximum Gasteiger partial charge on any atom is 0.0780 e. The van der Waals surface area contributed by atoms with E-state index in [0.717, 1.165) is 39.2 Å². The van der Waals surface area contributed by atoms with Crippen LogP contribution in [0.25, 0.3) is 102 Å². The van der Waals surface area contributed by atoms with E-state index < -0.39 is 8.07 Å². The van der Waals surface area contributed by atoms with Crippen molar-refractivity contribution in [1.82, 2.24) is 14.4 Å². The van der Waals surface area contributed by atoms with Gasteiger partial charge in [-0.05, 0) is 78.4 Å². The molecule has 295 valence electrons. The van der Waals surface area contributed by atoms with Crippen molar-refractivity contribution in [3.63, 3.8) is 0 Å². The summed E-state index contributed by atoms with van der Waals surface area (Å²) in [6.45, 7) is 7.26. The van der Waals surface area contributed by atoms with Crippen LogP contribution >= 0.6 is 11.3 Å². The second-order valence-corrected chi connectivity index (χ2v) is 22.5. The molecule has 0 aliphatic carbocycles. The maximum atomic E-state index is 5.45. The molecular weight excluding hydrogens is 955 g/mol. The number of hydrogen-bond donors (Lipinski definition) is 0. The molecule has 0 fully saturated rings. The summed E-state index contributed by atoms with van der Waals surface area (Å²) in [6, 6.07) is 69.7. The molecule has 0 spiro atoms. The van der Waals surface area contributed by atoms with Gasteiger partial charge in [0.25, 0.3) is 0 Å². The van der Waals surface area contributed by atoms with Gasteiger partial charge in [-0.2, -0.15) is 11.3 Å². The summed E-state index contributed by atoms with van der Waals surface area (Å²) in [5.41, 5.74) is 6.28. The van der Waals surface area contributed by atoms with Gasteiger partial charge in [0.15, 0.2) is 0 Å². The Hall–Kier alpha value is -6.27. The number of fused-ring (bicyclic) bond motifs is 11. The average molecular weight is 994 g/mol. The first-order valence-electron chi connectivity index (χ1n) is 20.4. The van der Waals surface area contributed by atoms with Crippen molar-refractivity contribution in [2.45, 2.75) is 19.6 Å². The zero-order chi connectivity index (χ0) is 40.4. The van der Waals surface area contributed by atoms with Crippen molar-refractivity contribution in [2.24, 2.45) is 0 Å². The van der Waals surface area contributed by atoms with Crippen molar-refractivity contribution in [3.8, 4) is 22.6 Å². The normalized spacial score (nSPS) is 11.7. The molecule has 0 saturated heterocycles. The summed E-state index contributed by atoms with van der Waals surface area (Å²) in [5.74, 6) is 0.921. The standard InChI is InChI=1S/C44H31N2SSi.C11H8N.Ir/c1-48(2,3)29-23-22-27-25-38-36-18-10-19-37(43(36)47-41(38)26-28(27)24-29)44-45-39-20-11-17-35-33-15-7-5-13-31(33)30-12-4-6-14-32(30)34-16-8-9-21-40(34)46(44)42(35)39;1-2-6-10(7-3-1)11-8-4-5-9-12-11;/h4-18,20-26H,1-3H3;1-6,8-9H;/q2*-1;. The fourth-order valence-electron chi connectivity index (χ4n) is 8.74. The molecule has 12 rings (SSSR count). The number of rotatable bonds is 3. The van der Waals surface area contributed by atoms with E-state index in [-0.39, 0.29) is 20.1 Å². The van der Waals surface area contributed by atoms with Crippen LogP contribution in [-0.4, -0.2) is 22.4 Å². The van der Waals surface area contributed by atoms with Gasteiger partial charge in [-0.3, -0.25) is 4.98 Å². The molecule has 0 unspecified atom stereocenters. The third kappa shape index (κ3) is 6.77. The van der Waals surface area contributed by atoms with E-state index >= 15 is 0 Å². The van der Waals surface area contributed by atoms with Gasteiger partial charge >= 0.3 is 0 Å². The quantitative estimate of drug-likeness (QED) is 0.130. The predicted octanol–water partition coefficient (Wildman–Crippen LogP) is 14.6. The molecule has 0 aliphatic heterocycles. The molecule has 12 aromatic rings. The first kappa shape index (κ1) is 38.9. The van der Waals surface area contributed by atoms with Crippen molar-refractivity contribution in [1.29, 1.82) is 0 Å². The SMILES string of the molecule is C[Si](C)(C)c1ccc2cc3c(cc2c1)sc1c(-c2nc4cccc5c6ccccc6c6ccccc6c6ccccc6n2c45)[c-]ccc13.[Ir].[c-]1ccccc1-c1ccccn1. The molecule has 4 heterocycles. The summed E-state index contributed by atoms with van der Waals surface area (Å²) in [5, 5.41) is 13.9. The molecular formula is C55H39IrN3SSi-2.